The van der Waals surface area contributed by atoms with E-state index in [-0.39, 0.29) is 11.9 Å². The molecule has 1 unspecified atom stereocenters. The van der Waals surface area contributed by atoms with Crippen LogP contribution >= 0.6 is 11.3 Å². The topological polar surface area (TPSA) is 42.4 Å². The number of aryl methyl sites for hydroxylation is 2. The van der Waals surface area contributed by atoms with Gasteiger partial charge in [-0.25, -0.2) is 4.98 Å². The Labute approximate surface area is 141 Å². The molecule has 122 valence electrons. The molecule has 4 nitrogen and oxygen atoms in total. The maximum absolute atomic E-state index is 12.7. The van der Waals surface area contributed by atoms with E-state index >= 15 is 0 Å². The van der Waals surface area contributed by atoms with E-state index < -0.39 is 0 Å². The number of hydrogen-bond donors (Lipinski definition) is 0. The van der Waals surface area contributed by atoms with Gasteiger partial charge in [0.2, 0.25) is 5.91 Å². The highest BCUT2D eigenvalue weighted by Gasteiger charge is 2.29. The average Bonchev–Trinajstić information content (AvgIpc) is 3.21. The predicted molar refractivity (Wildman–Crippen MR) is 91.9 cm³/mol. The van der Waals surface area contributed by atoms with Crippen LogP contribution in [0.3, 0.4) is 0 Å². The van der Waals surface area contributed by atoms with Crippen molar-refractivity contribution in [3.63, 3.8) is 0 Å². The first-order valence-electron chi connectivity index (χ1n) is 8.01. The van der Waals surface area contributed by atoms with Crippen molar-refractivity contribution in [1.29, 1.82) is 0 Å². The molecule has 1 saturated heterocycles. The molecular weight excluding hydrogens is 308 g/mol. The first-order chi connectivity index (χ1) is 11.2. The van der Waals surface area contributed by atoms with Crippen molar-refractivity contribution >= 4 is 17.2 Å². The van der Waals surface area contributed by atoms with Crippen LogP contribution in [0.4, 0.5) is 0 Å². The molecule has 1 atom stereocenters. The lowest BCUT2D eigenvalue weighted by atomic mass is 10.0. The van der Waals surface area contributed by atoms with E-state index in [1.807, 2.05) is 35.5 Å². The van der Waals surface area contributed by atoms with E-state index in [2.05, 4.69) is 11.1 Å². The van der Waals surface area contributed by atoms with Crippen LogP contribution in [0, 0.1) is 6.92 Å². The monoisotopic (exact) mass is 330 g/mol. The minimum Gasteiger partial charge on any atom is -0.497 e. The van der Waals surface area contributed by atoms with E-state index in [4.69, 9.17) is 4.74 Å². The summed E-state index contributed by atoms with van der Waals surface area (Å²) < 4.78 is 5.31. The van der Waals surface area contributed by atoms with Crippen molar-refractivity contribution in [1.82, 2.24) is 9.88 Å². The number of aromatic nitrogens is 1. The summed E-state index contributed by atoms with van der Waals surface area (Å²) in [6.07, 6.45) is 3.44. The Hall–Kier alpha value is -1.88. The number of rotatable bonds is 5. The Morgan fingerprint density at radius 3 is 3.09 bits per heavy atom. The van der Waals surface area contributed by atoms with E-state index in [9.17, 15) is 4.79 Å². The fraction of sp³-hybridized carbons (Fsp3) is 0.444. The lowest BCUT2D eigenvalue weighted by Gasteiger charge is -2.25. The quantitative estimate of drug-likeness (QED) is 0.838. The smallest absolute Gasteiger partial charge is 0.223 e. The number of amides is 1. The number of nitrogens with zero attached hydrogens (tertiary/aromatic N) is 2. The van der Waals surface area contributed by atoms with Gasteiger partial charge in [0.25, 0.3) is 0 Å². The first kappa shape index (κ1) is 16.0. The van der Waals surface area contributed by atoms with Crippen LogP contribution < -0.4 is 4.74 Å². The zero-order valence-corrected chi connectivity index (χ0v) is 14.4. The minimum atomic E-state index is 0.181. The van der Waals surface area contributed by atoms with E-state index in [1.54, 1.807) is 18.4 Å². The molecule has 1 aliphatic heterocycles. The van der Waals surface area contributed by atoms with E-state index in [0.717, 1.165) is 37.3 Å². The van der Waals surface area contributed by atoms with Crippen molar-refractivity contribution < 1.29 is 9.53 Å². The minimum absolute atomic E-state index is 0.181. The molecule has 0 aliphatic carbocycles. The Kier molecular flexibility index (Phi) is 4.96. The van der Waals surface area contributed by atoms with Gasteiger partial charge in [0.1, 0.15) is 5.75 Å². The molecule has 1 aromatic heterocycles. The third-order valence-electron chi connectivity index (χ3n) is 4.46. The normalized spacial score (nSPS) is 17.5. The Balaban J connectivity index is 1.68. The number of benzene rings is 1. The standard InChI is InChI=1S/C18H22N2O2S/c1-13-17(23-12-19-13)8-9-18(21)20-10-4-7-16(20)14-5-3-6-15(11-14)22-2/h3,5-6,11-12,16H,4,7-10H2,1-2H3. The van der Waals surface area contributed by atoms with Crippen molar-refractivity contribution in [2.24, 2.45) is 0 Å². The number of methoxy groups -OCH3 is 1. The van der Waals surface area contributed by atoms with E-state index in [1.165, 1.54) is 10.4 Å². The Morgan fingerprint density at radius 2 is 2.35 bits per heavy atom. The molecule has 1 amide bonds. The van der Waals surface area contributed by atoms with Gasteiger partial charge in [-0.15, -0.1) is 11.3 Å². The summed E-state index contributed by atoms with van der Waals surface area (Å²) in [6, 6.07) is 8.25. The highest BCUT2D eigenvalue weighted by atomic mass is 32.1. The number of carbonyl (C=O) groups is 1. The van der Waals surface area contributed by atoms with Gasteiger partial charge in [-0.3, -0.25) is 4.79 Å². The molecular formula is C18H22N2O2S. The number of carbonyl (C=O) groups excluding carboxylic acids is 1. The zero-order chi connectivity index (χ0) is 16.2. The molecule has 0 N–H and O–H groups in total. The number of ether oxygens (including phenoxy) is 1. The summed E-state index contributed by atoms with van der Waals surface area (Å²) in [6.45, 7) is 2.85. The molecule has 0 spiro atoms. The van der Waals surface area contributed by atoms with Gasteiger partial charge in [0.15, 0.2) is 0 Å². The van der Waals surface area contributed by atoms with Gasteiger partial charge in [0, 0.05) is 17.8 Å². The van der Waals surface area contributed by atoms with Crippen LogP contribution in [-0.4, -0.2) is 29.4 Å². The summed E-state index contributed by atoms with van der Waals surface area (Å²) in [5.41, 5.74) is 4.07. The summed E-state index contributed by atoms with van der Waals surface area (Å²) in [5, 5.41) is 0. The molecule has 1 aromatic carbocycles. The van der Waals surface area contributed by atoms with Gasteiger partial charge in [-0.1, -0.05) is 12.1 Å². The predicted octanol–water partition coefficient (Wildman–Crippen LogP) is 3.76. The number of likely N-dealkylation sites (tertiary alicyclic amines) is 1. The SMILES string of the molecule is COc1cccc(C2CCCN2C(=O)CCc2scnc2C)c1. The van der Waals surface area contributed by atoms with Gasteiger partial charge < -0.3 is 9.64 Å². The fourth-order valence-corrected chi connectivity index (χ4v) is 3.97. The molecule has 5 heteroatoms. The zero-order valence-electron chi connectivity index (χ0n) is 13.6. The Bertz CT molecular complexity index is 683. The summed E-state index contributed by atoms with van der Waals surface area (Å²) in [4.78, 5) is 20.2. The lowest BCUT2D eigenvalue weighted by Crippen LogP contribution is -2.30. The molecule has 2 heterocycles. The van der Waals surface area contributed by atoms with Crippen LogP contribution in [0.25, 0.3) is 0 Å². The van der Waals surface area contributed by atoms with Gasteiger partial charge in [-0.05, 0) is 43.9 Å². The molecule has 2 aromatic rings. The van der Waals surface area contributed by atoms with Crippen molar-refractivity contribution in [3.8, 4) is 5.75 Å². The van der Waals surface area contributed by atoms with E-state index in [0.29, 0.717) is 6.42 Å². The highest BCUT2D eigenvalue weighted by Crippen LogP contribution is 2.34. The lowest BCUT2D eigenvalue weighted by molar-refractivity contribution is -0.132. The second kappa shape index (κ2) is 7.13. The third kappa shape index (κ3) is 3.55. The van der Waals surface area contributed by atoms with Crippen LogP contribution in [0.1, 0.15) is 41.4 Å². The second-order valence-corrected chi connectivity index (χ2v) is 6.82. The van der Waals surface area contributed by atoms with Gasteiger partial charge >= 0.3 is 0 Å². The summed E-state index contributed by atoms with van der Waals surface area (Å²) in [5.74, 6) is 1.09. The van der Waals surface area contributed by atoms with Gasteiger partial charge in [-0.2, -0.15) is 0 Å². The Morgan fingerprint density at radius 1 is 1.48 bits per heavy atom. The van der Waals surface area contributed by atoms with Crippen molar-refractivity contribution in [2.75, 3.05) is 13.7 Å². The third-order valence-corrected chi connectivity index (χ3v) is 5.46. The molecule has 1 aliphatic rings. The van der Waals surface area contributed by atoms with Crippen molar-refractivity contribution in [2.45, 2.75) is 38.6 Å². The molecule has 0 saturated carbocycles. The molecule has 3 rings (SSSR count). The number of hydrogen-bond acceptors (Lipinski definition) is 4. The molecule has 23 heavy (non-hydrogen) atoms. The highest BCUT2D eigenvalue weighted by molar-refractivity contribution is 7.09. The summed E-state index contributed by atoms with van der Waals surface area (Å²) in [7, 11) is 1.67. The first-order valence-corrected chi connectivity index (χ1v) is 8.89. The maximum atomic E-state index is 12.7. The molecule has 0 bridgehead atoms. The van der Waals surface area contributed by atoms with Crippen LogP contribution in [-0.2, 0) is 11.2 Å². The van der Waals surface area contributed by atoms with Crippen LogP contribution in [0.5, 0.6) is 5.75 Å². The molecule has 1 fully saturated rings. The van der Waals surface area contributed by atoms with Gasteiger partial charge in [0.05, 0.1) is 24.4 Å². The number of thiazole rings is 1. The van der Waals surface area contributed by atoms with Crippen molar-refractivity contribution in [3.05, 3.63) is 45.9 Å². The molecule has 0 radical (unpaired) electrons. The largest absolute Gasteiger partial charge is 0.497 e. The average molecular weight is 330 g/mol. The van der Waals surface area contributed by atoms with Crippen LogP contribution in [0.2, 0.25) is 0 Å². The van der Waals surface area contributed by atoms with Crippen LogP contribution in [0.15, 0.2) is 29.8 Å². The maximum Gasteiger partial charge on any atom is 0.223 e. The summed E-state index contributed by atoms with van der Waals surface area (Å²) >= 11 is 1.64. The fourth-order valence-electron chi connectivity index (χ4n) is 3.19. The second-order valence-electron chi connectivity index (χ2n) is 5.88.